The maximum Gasteiger partial charge on any atom is 0.261 e. The van der Waals surface area contributed by atoms with Crippen molar-refractivity contribution in [1.29, 1.82) is 0 Å². The molecule has 1 aliphatic heterocycles. The fourth-order valence-electron chi connectivity index (χ4n) is 6.86. The summed E-state index contributed by atoms with van der Waals surface area (Å²) in [5.74, 6) is -0.986. The molecule has 6 heteroatoms. The van der Waals surface area contributed by atoms with Gasteiger partial charge in [-0.3, -0.25) is 24.1 Å². The first kappa shape index (κ1) is 26.7. The number of carbonyl (C=O) groups excluding carboxylic acids is 4. The van der Waals surface area contributed by atoms with E-state index < -0.39 is 0 Å². The van der Waals surface area contributed by atoms with Gasteiger partial charge in [0.1, 0.15) is 0 Å². The average Bonchev–Trinajstić information content (AvgIpc) is 3.06. The van der Waals surface area contributed by atoms with Crippen LogP contribution in [0.4, 0.5) is 5.69 Å². The Morgan fingerprint density at radius 3 is 1.73 bits per heavy atom. The highest BCUT2D eigenvalue weighted by atomic mass is 16.2. The zero-order valence-corrected chi connectivity index (χ0v) is 24.6. The minimum absolute atomic E-state index is 0.316. The highest BCUT2D eigenvalue weighted by Crippen LogP contribution is 2.45. The molecule has 0 aliphatic carbocycles. The van der Waals surface area contributed by atoms with Gasteiger partial charge in [0, 0.05) is 45.8 Å². The Kier molecular flexibility index (Phi) is 5.83. The van der Waals surface area contributed by atoms with Gasteiger partial charge in [-0.15, -0.1) is 0 Å². The minimum atomic E-state index is -0.335. The second kappa shape index (κ2) is 9.82. The lowest BCUT2D eigenvalue weighted by molar-refractivity contribution is 0.0650. The molecule has 0 bridgehead atoms. The van der Waals surface area contributed by atoms with Gasteiger partial charge < -0.3 is 5.32 Å². The third-order valence-corrected chi connectivity index (χ3v) is 9.12. The third kappa shape index (κ3) is 3.96. The van der Waals surface area contributed by atoms with Crippen LogP contribution in [0, 0.1) is 6.92 Å². The smallest absolute Gasteiger partial charge is 0.261 e. The summed E-state index contributed by atoms with van der Waals surface area (Å²) in [5.41, 5.74) is 6.00. The molecule has 3 amide bonds. The van der Waals surface area contributed by atoms with Crippen molar-refractivity contribution in [2.75, 3.05) is 12.4 Å². The monoisotopic (exact) mass is 586 g/mol. The van der Waals surface area contributed by atoms with E-state index in [1.165, 1.54) is 18.2 Å². The molecular formula is C39H26N2O4. The van der Waals surface area contributed by atoms with Crippen LogP contribution in [0.3, 0.4) is 0 Å². The van der Waals surface area contributed by atoms with E-state index in [4.69, 9.17) is 0 Å². The molecule has 0 atom stereocenters. The molecule has 1 N–H and O–H groups in total. The number of anilines is 1. The predicted molar refractivity (Wildman–Crippen MR) is 178 cm³/mol. The molecule has 0 saturated heterocycles. The Bertz CT molecular complexity index is 2340. The van der Waals surface area contributed by atoms with E-state index in [0.29, 0.717) is 38.7 Å². The SMILES string of the molecule is Cc1ccc(Cc2ccc(NC(=O)c3ccc4c5ccc6c7c(ccc(c8ccc(C=O)c3c84)c75)C(=O)N(C)C6=O)cc2)cc1. The summed E-state index contributed by atoms with van der Waals surface area (Å²) >= 11 is 0. The summed E-state index contributed by atoms with van der Waals surface area (Å²) in [6.07, 6.45) is 1.57. The Morgan fingerprint density at radius 2 is 1.16 bits per heavy atom. The number of aryl methyl sites for hydroxylation is 1. The maximum absolute atomic E-state index is 13.8. The van der Waals surface area contributed by atoms with E-state index in [1.807, 2.05) is 48.5 Å². The molecule has 7 aromatic rings. The van der Waals surface area contributed by atoms with Crippen molar-refractivity contribution in [2.24, 2.45) is 0 Å². The van der Waals surface area contributed by atoms with Crippen molar-refractivity contribution in [3.8, 4) is 0 Å². The topological polar surface area (TPSA) is 83.6 Å². The molecule has 0 fully saturated rings. The van der Waals surface area contributed by atoms with Gasteiger partial charge in [-0.25, -0.2) is 0 Å². The Hall–Kier alpha value is -5.88. The molecule has 7 aromatic carbocycles. The van der Waals surface area contributed by atoms with Gasteiger partial charge in [-0.2, -0.15) is 0 Å². The van der Waals surface area contributed by atoms with Crippen LogP contribution in [0.5, 0.6) is 0 Å². The molecule has 1 heterocycles. The molecule has 0 radical (unpaired) electrons. The van der Waals surface area contributed by atoms with Crippen LogP contribution >= 0.6 is 0 Å². The number of fused-ring (bicyclic) bond motifs is 2. The number of nitrogens with zero attached hydrogens (tertiary/aromatic N) is 1. The lowest BCUT2D eigenvalue weighted by Gasteiger charge is -2.26. The second-order valence-electron chi connectivity index (χ2n) is 11.8. The van der Waals surface area contributed by atoms with Gasteiger partial charge in [-0.05, 0) is 87.1 Å². The van der Waals surface area contributed by atoms with Crippen molar-refractivity contribution in [1.82, 2.24) is 4.90 Å². The van der Waals surface area contributed by atoms with E-state index in [9.17, 15) is 19.2 Å². The summed E-state index contributed by atoms with van der Waals surface area (Å²) in [5, 5.41) is 9.25. The first-order valence-corrected chi connectivity index (χ1v) is 14.8. The quantitative estimate of drug-likeness (QED) is 0.0961. The Labute approximate surface area is 258 Å². The Balaban J connectivity index is 1.25. The number of hydrogen-bond acceptors (Lipinski definition) is 4. The van der Waals surface area contributed by atoms with E-state index in [1.54, 1.807) is 24.3 Å². The number of amides is 3. The van der Waals surface area contributed by atoms with Crippen LogP contribution in [0.25, 0.3) is 43.1 Å². The predicted octanol–water partition coefficient (Wildman–Crippen LogP) is 7.93. The van der Waals surface area contributed by atoms with Crippen molar-refractivity contribution >= 4 is 72.8 Å². The number of rotatable bonds is 5. The number of aldehydes is 1. The zero-order valence-electron chi connectivity index (χ0n) is 24.6. The zero-order chi connectivity index (χ0) is 31.0. The second-order valence-corrected chi connectivity index (χ2v) is 11.8. The van der Waals surface area contributed by atoms with Crippen molar-refractivity contribution in [3.63, 3.8) is 0 Å². The summed E-state index contributed by atoms with van der Waals surface area (Å²) in [7, 11) is 1.50. The highest BCUT2D eigenvalue weighted by molar-refractivity contribution is 6.40. The van der Waals surface area contributed by atoms with Gasteiger partial charge in [0.25, 0.3) is 17.7 Å². The normalized spacial score (nSPS) is 13.0. The number of imide groups is 1. The first-order valence-electron chi connectivity index (χ1n) is 14.8. The molecule has 0 spiro atoms. The maximum atomic E-state index is 13.8. The van der Waals surface area contributed by atoms with Gasteiger partial charge in [0.15, 0.2) is 6.29 Å². The standard InChI is InChI=1S/C39H26N2O4/c1-21-3-5-22(6-4-21)19-23-7-10-25(11-8-23)40-37(43)30-16-13-27-29-15-18-32-36-31(38(44)41(2)39(32)45)17-14-28(35(29)36)26-12-9-24(20-42)33(30)34(26)27/h3-18,20H,19H2,1-2H3,(H,40,43). The number of nitrogens with one attached hydrogen (secondary N) is 1. The van der Waals surface area contributed by atoms with Crippen LogP contribution in [-0.4, -0.2) is 36.0 Å². The van der Waals surface area contributed by atoms with Crippen LogP contribution in [0.15, 0.2) is 97.1 Å². The molecule has 1 aliphatic rings. The van der Waals surface area contributed by atoms with Crippen LogP contribution in [0.2, 0.25) is 0 Å². The van der Waals surface area contributed by atoms with Gasteiger partial charge in [-0.1, -0.05) is 72.3 Å². The van der Waals surface area contributed by atoms with E-state index in [0.717, 1.165) is 55.5 Å². The fourth-order valence-corrected chi connectivity index (χ4v) is 6.86. The lowest BCUT2D eigenvalue weighted by atomic mass is 9.83. The fraction of sp³-hybridized carbons (Fsp3) is 0.0769. The minimum Gasteiger partial charge on any atom is -0.322 e. The van der Waals surface area contributed by atoms with E-state index >= 15 is 0 Å². The summed E-state index contributed by atoms with van der Waals surface area (Å²) < 4.78 is 0. The lowest BCUT2D eigenvalue weighted by Crippen LogP contribution is -2.36. The molecule has 8 rings (SSSR count). The molecule has 216 valence electrons. The van der Waals surface area contributed by atoms with E-state index in [2.05, 4.69) is 36.5 Å². The van der Waals surface area contributed by atoms with Gasteiger partial charge in [0.05, 0.1) is 0 Å². The Morgan fingerprint density at radius 1 is 0.644 bits per heavy atom. The average molecular weight is 587 g/mol. The summed E-state index contributed by atoms with van der Waals surface area (Å²) in [6.45, 7) is 2.07. The molecular weight excluding hydrogens is 560 g/mol. The van der Waals surface area contributed by atoms with Crippen molar-refractivity contribution in [3.05, 3.63) is 136 Å². The number of carbonyl (C=O) groups is 4. The van der Waals surface area contributed by atoms with Crippen LogP contribution in [0.1, 0.15) is 58.1 Å². The molecule has 0 aromatic heterocycles. The molecule has 6 nitrogen and oxygen atoms in total. The molecule has 0 unspecified atom stereocenters. The molecule has 45 heavy (non-hydrogen) atoms. The van der Waals surface area contributed by atoms with Crippen molar-refractivity contribution < 1.29 is 19.2 Å². The van der Waals surface area contributed by atoms with Gasteiger partial charge in [0.2, 0.25) is 0 Å². The largest absolute Gasteiger partial charge is 0.322 e. The highest BCUT2D eigenvalue weighted by Gasteiger charge is 2.32. The van der Waals surface area contributed by atoms with Crippen LogP contribution in [-0.2, 0) is 6.42 Å². The van der Waals surface area contributed by atoms with Crippen molar-refractivity contribution in [2.45, 2.75) is 13.3 Å². The summed E-state index contributed by atoms with van der Waals surface area (Å²) in [4.78, 5) is 53.4. The number of benzene rings is 7. The third-order valence-electron chi connectivity index (χ3n) is 9.12. The molecule has 0 saturated carbocycles. The van der Waals surface area contributed by atoms with Gasteiger partial charge >= 0.3 is 0 Å². The van der Waals surface area contributed by atoms with Crippen LogP contribution < -0.4 is 5.32 Å². The van der Waals surface area contributed by atoms with E-state index in [-0.39, 0.29) is 17.7 Å². The summed E-state index contributed by atoms with van der Waals surface area (Å²) in [6, 6.07) is 30.8. The first-order chi connectivity index (χ1) is 21.8. The number of hydrogen-bond donors (Lipinski definition) is 1.